The van der Waals surface area contributed by atoms with Crippen LogP contribution in [0.2, 0.25) is 0 Å². The molecule has 0 spiro atoms. The lowest BCUT2D eigenvalue weighted by Gasteiger charge is -2.04. The number of hydrogen-bond acceptors (Lipinski definition) is 4. The van der Waals surface area contributed by atoms with Crippen LogP contribution >= 0.6 is 11.8 Å². The number of carbonyl (C=O) groups is 1. The molecule has 1 aromatic carbocycles. The van der Waals surface area contributed by atoms with Gasteiger partial charge in [-0.3, -0.25) is 0 Å². The highest BCUT2D eigenvalue weighted by molar-refractivity contribution is 7.99. The minimum atomic E-state index is -1.08. The number of aromatic carboxylic acids is 1. The van der Waals surface area contributed by atoms with Crippen LogP contribution in [-0.2, 0) is 6.42 Å². The predicted octanol–water partition coefficient (Wildman–Crippen LogP) is 3.03. The van der Waals surface area contributed by atoms with Crippen molar-refractivity contribution in [3.63, 3.8) is 0 Å². The van der Waals surface area contributed by atoms with E-state index < -0.39 is 11.8 Å². The molecule has 0 saturated carbocycles. The van der Waals surface area contributed by atoms with Crippen LogP contribution < -0.4 is 0 Å². The van der Waals surface area contributed by atoms with Gasteiger partial charge in [0.05, 0.1) is 10.5 Å². The number of rotatable bonds is 4. The van der Waals surface area contributed by atoms with Crippen molar-refractivity contribution in [3.05, 3.63) is 47.7 Å². The molecule has 0 atom stereocenters. The van der Waals surface area contributed by atoms with Crippen molar-refractivity contribution in [2.24, 2.45) is 0 Å². The molecule has 98 valence electrons. The second-order valence-electron chi connectivity index (χ2n) is 3.75. The molecule has 1 aromatic heterocycles. The number of hydrogen-bond donors (Lipinski definition) is 1. The van der Waals surface area contributed by atoms with Crippen LogP contribution in [0.4, 0.5) is 4.39 Å². The van der Waals surface area contributed by atoms with Crippen molar-refractivity contribution in [1.82, 2.24) is 9.97 Å². The van der Waals surface area contributed by atoms with E-state index in [9.17, 15) is 9.18 Å². The number of carboxylic acid groups (broad SMARTS) is 1. The van der Waals surface area contributed by atoms with E-state index in [-0.39, 0.29) is 10.5 Å². The summed E-state index contributed by atoms with van der Waals surface area (Å²) >= 11 is 1.09. The Hall–Kier alpha value is -1.95. The Morgan fingerprint density at radius 3 is 2.84 bits per heavy atom. The molecule has 0 radical (unpaired) electrons. The average molecular weight is 278 g/mol. The quantitative estimate of drug-likeness (QED) is 0.871. The smallest absolute Gasteiger partial charge is 0.335 e. The second kappa shape index (κ2) is 5.79. The normalized spacial score (nSPS) is 10.4. The van der Waals surface area contributed by atoms with Crippen molar-refractivity contribution in [2.75, 3.05) is 0 Å². The molecule has 0 saturated heterocycles. The summed E-state index contributed by atoms with van der Waals surface area (Å²) in [6.45, 7) is 1.96. The van der Waals surface area contributed by atoms with Crippen molar-refractivity contribution in [3.8, 4) is 0 Å². The van der Waals surface area contributed by atoms with Crippen LogP contribution in [0.15, 0.2) is 40.5 Å². The number of benzene rings is 1. The Morgan fingerprint density at radius 1 is 1.37 bits per heavy atom. The molecule has 0 aliphatic rings. The number of carboxylic acids is 1. The first-order chi connectivity index (χ1) is 9.10. The van der Waals surface area contributed by atoms with Crippen LogP contribution in [0.5, 0.6) is 0 Å². The maximum absolute atomic E-state index is 13.6. The molecule has 0 bridgehead atoms. The van der Waals surface area contributed by atoms with Gasteiger partial charge in [0.15, 0.2) is 0 Å². The largest absolute Gasteiger partial charge is 0.478 e. The molecule has 0 aliphatic carbocycles. The monoisotopic (exact) mass is 278 g/mol. The van der Waals surface area contributed by atoms with Crippen LogP contribution in [0.1, 0.15) is 23.0 Å². The Balaban J connectivity index is 2.31. The summed E-state index contributed by atoms with van der Waals surface area (Å²) < 4.78 is 13.6. The Bertz CT molecular complexity index is 619. The molecule has 1 heterocycles. The fourth-order valence-corrected chi connectivity index (χ4v) is 2.32. The molecular weight excluding hydrogens is 267 g/mol. The van der Waals surface area contributed by atoms with Gasteiger partial charge in [-0.15, -0.1) is 0 Å². The fourth-order valence-electron chi connectivity index (χ4n) is 1.45. The molecule has 19 heavy (non-hydrogen) atoms. The zero-order chi connectivity index (χ0) is 13.8. The van der Waals surface area contributed by atoms with Gasteiger partial charge in [0.2, 0.25) is 0 Å². The van der Waals surface area contributed by atoms with Gasteiger partial charge in [-0.2, -0.15) is 0 Å². The first-order valence-electron chi connectivity index (χ1n) is 5.61. The summed E-state index contributed by atoms with van der Waals surface area (Å²) in [6, 6.07) is 5.44. The van der Waals surface area contributed by atoms with E-state index in [2.05, 4.69) is 9.97 Å². The summed E-state index contributed by atoms with van der Waals surface area (Å²) in [7, 11) is 0. The molecule has 4 nitrogen and oxygen atoms in total. The minimum absolute atomic E-state index is 0.0497. The number of aryl methyl sites for hydroxylation is 1. The molecule has 0 amide bonds. The lowest BCUT2D eigenvalue weighted by atomic mass is 10.2. The summed E-state index contributed by atoms with van der Waals surface area (Å²) in [4.78, 5) is 19.2. The summed E-state index contributed by atoms with van der Waals surface area (Å²) in [5.41, 5.74) is 0.904. The third kappa shape index (κ3) is 3.29. The third-order valence-corrected chi connectivity index (χ3v) is 3.42. The molecule has 1 N–H and O–H groups in total. The van der Waals surface area contributed by atoms with Crippen molar-refractivity contribution in [2.45, 2.75) is 23.3 Å². The molecule has 0 aliphatic heterocycles. The zero-order valence-corrected chi connectivity index (χ0v) is 10.9. The molecule has 6 heteroatoms. The highest BCUT2D eigenvalue weighted by Crippen LogP contribution is 2.29. The predicted molar refractivity (Wildman–Crippen MR) is 68.9 cm³/mol. The Labute approximate surface area is 113 Å². The lowest BCUT2D eigenvalue weighted by Crippen LogP contribution is -1.97. The topological polar surface area (TPSA) is 63.1 Å². The van der Waals surface area contributed by atoms with E-state index in [0.717, 1.165) is 29.9 Å². The van der Waals surface area contributed by atoms with Crippen LogP contribution in [0, 0.1) is 5.82 Å². The summed E-state index contributed by atoms with van der Waals surface area (Å²) in [6.07, 6.45) is 2.17. The third-order valence-electron chi connectivity index (χ3n) is 2.45. The molecular formula is C13H11FN2O2S. The van der Waals surface area contributed by atoms with Crippen molar-refractivity contribution >= 4 is 17.7 Å². The van der Waals surface area contributed by atoms with Crippen LogP contribution in [-0.4, -0.2) is 21.0 Å². The van der Waals surface area contributed by atoms with Crippen LogP contribution in [0.3, 0.4) is 0 Å². The standard InChI is InChI=1S/C13H11FN2O2S/c1-2-9-6-12(16-7-15-9)19-11-5-8(13(17)18)3-4-10(11)14/h3-7H,2H2,1H3,(H,17,18). The van der Waals surface area contributed by atoms with Gasteiger partial charge in [0.25, 0.3) is 0 Å². The van der Waals surface area contributed by atoms with E-state index in [1.165, 1.54) is 18.5 Å². The van der Waals surface area contributed by atoms with Gasteiger partial charge >= 0.3 is 5.97 Å². The summed E-state index contributed by atoms with van der Waals surface area (Å²) in [5.74, 6) is -1.55. The SMILES string of the molecule is CCc1cc(Sc2cc(C(=O)O)ccc2F)ncn1. The summed E-state index contributed by atoms with van der Waals surface area (Å²) in [5, 5.41) is 9.48. The van der Waals surface area contributed by atoms with E-state index in [4.69, 9.17) is 5.11 Å². The van der Waals surface area contributed by atoms with Crippen LogP contribution in [0.25, 0.3) is 0 Å². The van der Waals surface area contributed by atoms with Gasteiger partial charge in [-0.1, -0.05) is 18.7 Å². The van der Waals surface area contributed by atoms with E-state index in [0.29, 0.717) is 5.03 Å². The van der Waals surface area contributed by atoms with Gasteiger partial charge in [0.1, 0.15) is 17.2 Å². The zero-order valence-electron chi connectivity index (χ0n) is 10.1. The highest BCUT2D eigenvalue weighted by atomic mass is 32.2. The molecule has 0 fully saturated rings. The van der Waals surface area contributed by atoms with Gasteiger partial charge < -0.3 is 5.11 Å². The minimum Gasteiger partial charge on any atom is -0.478 e. The number of aromatic nitrogens is 2. The van der Waals surface area contributed by atoms with Gasteiger partial charge in [-0.05, 0) is 30.7 Å². The van der Waals surface area contributed by atoms with Gasteiger partial charge in [0, 0.05) is 5.69 Å². The second-order valence-corrected chi connectivity index (χ2v) is 4.82. The highest BCUT2D eigenvalue weighted by Gasteiger charge is 2.10. The average Bonchev–Trinajstić information content (AvgIpc) is 2.41. The lowest BCUT2D eigenvalue weighted by molar-refractivity contribution is 0.0696. The van der Waals surface area contributed by atoms with E-state index in [1.54, 1.807) is 6.07 Å². The van der Waals surface area contributed by atoms with Crippen molar-refractivity contribution in [1.29, 1.82) is 0 Å². The number of halogens is 1. The first kappa shape index (κ1) is 13.5. The van der Waals surface area contributed by atoms with E-state index in [1.807, 2.05) is 6.92 Å². The Kier molecular flexibility index (Phi) is 4.11. The number of nitrogens with zero attached hydrogens (tertiary/aromatic N) is 2. The maximum Gasteiger partial charge on any atom is 0.335 e. The molecule has 0 unspecified atom stereocenters. The molecule has 2 aromatic rings. The maximum atomic E-state index is 13.6. The van der Waals surface area contributed by atoms with E-state index >= 15 is 0 Å². The van der Waals surface area contributed by atoms with Crippen molar-refractivity contribution < 1.29 is 14.3 Å². The first-order valence-corrected chi connectivity index (χ1v) is 6.43. The van der Waals surface area contributed by atoms with Gasteiger partial charge in [-0.25, -0.2) is 19.2 Å². The Morgan fingerprint density at radius 2 is 2.16 bits per heavy atom. The molecule has 2 rings (SSSR count). The fraction of sp³-hybridized carbons (Fsp3) is 0.154.